The number of hydrogen-bond acceptors (Lipinski definition) is 3. The standard InChI is InChI=1S/C11H10Br2N2S/c1-7(11-9(12)4-5-16-11)15-8-2-3-10(13)14-6-8/h2-7,15H,1H3. The molecule has 0 radical (unpaired) electrons. The molecule has 2 heterocycles. The summed E-state index contributed by atoms with van der Waals surface area (Å²) in [6.07, 6.45) is 1.82. The van der Waals surface area contributed by atoms with Crippen LogP contribution in [0.25, 0.3) is 0 Å². The molecule has 2 aromatic heterocycles. The van der Waals surface area contributed by atoms with Crippen LogP contribution < -0.4 is 5.32 Å². The van der Waals surface area contributed by atoms with Crippen molar-refractivity contribution >= 4 is 48.9 Å². The van der Waals surface area contributed by atoms with Crippen LogP contribution in [0.4, 0.5) is 5.69 Å². The topological polar surface area (TPSA) is 24.9 Å². The van der Waals surface area contributed by atoms with Gasteiger partial charge in [0.1, 0.15) is 4.60 Å². The highest BCUT2D eigenvalue weighted by atomic mass is 79.9. The summed E-state index contributed by atoms with van der Waals surface area (Å²) in [6, 6.07) is 6.28. The van der Waals surface area contributed by atoms with Crippen LogP contribution in [0.5, 0.6) is 0 Å². The van der Waals surface area contributed by atoms with Crippen molar-refractivity contribution in [3.8, 4) is 0 Å². The van der Waals surface area contributed by atoms with Crippen molar-refractivity contribution < 1.29 is 0 Å². The van der Waals surface area contributed by atoms with Gasteiger partial charge in [0.15, 0.2) is 0 Å². The van der Waals surface area contributed by atoms with E-state index in [0.717, 1.165) is 14.8 Å². The second kappa shape index (κ2) is 5.29. The number of nitrogens with zero attached hydrogens (tertiary/aromatic N) is 1. The molecule has 0 aromatic carbocycles. The molecule has 0 amide bonds. The summed E-state index contributed by atoms with van der Waals surface area (Å²) in [5, 5.41) is 5.49. The monoisotopic (exact) mass is 360 g/mol. The van der Waals surface area contributed by atoms with Crippen molar-refractivity contribution in [2.45, 2.75) is 13.0 Å². The third-order valence-corrected chi connectivity index (χ3v) is 4.67. The average molecular weight is 362 g/mol. The Kier molecular flexibility index (Phi) is 4.00. The predicted molar refractivity (Wildman–Crippen MR) is 76.0 cm³/mol. The van der Waals surface area contributed by atoms with E-state index < -0.39 is 0 Å². The Morgan fingerprint density at radius 3 is 2.69 bits per heavy atom. The van der Waals surface area contributed by atoms with Crippen molar-refractivity contribution in [3.63, 3.8) is 0 Å². The van der Waals surface area contributed by atoms with Crippen LogP contribution >= 0.6 is 43.2 Å². The molecular weight excluding hydrogens is 352 g/mol. The lowest BCUT2D eigenvalue weighted by atomic mass is 10.2. The zero-order chi connectivity index (χ0) is 11.5. The minimum absolute atomic E-state index is 0.275. The molecule has 2 aromatic rings. The van der Waals surface area contributed by atoms with Gasteiger partial charge in [-0.1, -0.05) is 0 Å². The van der Waals surface area contributed by atoms with E-state index in [1.807, 2.05) is 18.3 Å². The fourth-order valence-electron chi connectivity index (χ4n) is 1.39. The molecule has 84 valence electrons. The van der Waals surface area contributed by atoms with Crippen LogP contribution in [0.15, 0.2) is 38.9 Å². The quantitative estimate of drug-likeness (QED) is 0.791. The Hall–Kier alpha value is -0.390. The van der Waals surface area contributed by atoms with Crippen LogP contribution in [0.3, 0.4) is 0 Å². The fourth-order valence-corrected chi connectivity index (χ4v) is 3.35. The molecule has 0 aliphatic carbocycles. The van der Waals surface area contributed by atoms with Gasteiger partial charge in [0, 0.05) is 9.35 Å². The molecule has 1 atom stereocenters. The van der Waals surface area contributed by atoms with E-state index in [0.29, 0.717) is 0 Å². The molecule has 0 saturated heterocycles. The first-order chi connectivity index (χ1) is 7.66. The molecular formula is C11H10Br2N2S. The first-order valence-electron chi connectivity index (χ1n) is 4.78. The summed E-state index contributed by atoms with van der Waals surface area (Å²) >= 11 is 8.60. The highest BCUT2D eigenvalue weighted by molar-refractivity contribution is 9.10. The number of pyridine rings is 1. The molecule has 0 bridgehead atoms. The third kappa shape index (κ3) is 2.84. The highest BCUT2D eigenvalue weighted by Gasteiger charge is 2.10. The Balaban J connectivity index is 2.10. The van der Waals surface area contributed by atoms with Crippen molar-refractivity contribution in [1.82, 2.24) is 4.98 Å². The fraction of sp³-hybridized carbons (Fsp3) is 0.182. The number of anilines is 1. The molecule has 0 aliphatic heterocycles. The molecule has 2 rings (SSSR count). The maximum Gasteiger partial charge on any atom is 0.106 e. The number of hydrogen-bond donors (Lipinski definition) is 1. The zero-order valence-corrected chi connectivity index (χ0v) is 12.6. The van der Waals surface area contributed by atoms with E-state index >= 15 is 0 Å². The Morgan fingerprint density at radius 1 is 1.31 bits per heavy atom. The number of halogens is 2. The molecule has 1 unspecified atom stereocenters. The molecule has 5 heteroatoms. The van der Waals surface area contributed by atoms with Crippen LogP contribution in [-0.2, 0) is 0 Å². The largest absolute Gasteiger partial charge is 0.376 e. The summed E-state index contributed by atoms with van der Waals surface area (Å²) in [5.74, 6) is 0. The van der Waals surface area contributed by atoms with Gasteiger partial charge in [-0.05, 0) is 62.4 Å². The summed E-state index contributed by atoms with van der Waals surface area (Å²) < 4.78 is 2.01. The van der Waals surface area contributed by atoms with E-state index in [-0.39, 0.29) is 6.04 Å². The Labute approximate surface area is 115 Å². The highest BCUT2D eigenvalue weighted by Crippen LogP contribution is 2.30. The van der Waals surface area contributed by atoms with Gasteiger partial charge in [0.2, 0.25) is 0 Å². The predicted octanol–water partition coefficient (Wildman–Crippen LogP) is 4.84. The molecule has 0 saturated carbocycles. The second-order valence-electron chi connectivity index (χ2n) is 3.37. The smallest absolute Gasteiger partial charge is 0.106 e. The van der Waals surface area contributed by atoms with E-state index in [4.69, 9.17) is 0 Å². The second-order valence-corrected chi connectivity index (χ2v) is 5.98. The lowest BCUT2D eigenvalue weighted by Crippen LogP contribution is -2.05. The van der Waals surface area contributed by atoms with Crippen LogP contribution in [-0.4, -0.2) is 4.98 Å². The van der Waals surface area contributed by atoms with E-state index in [1.165, 1.54) is 4.88 Å². The average Bonchev–Trinajstić information content (AvgIpc) is 2.68. The van der Waals surface area contributed by atoms with Gasteiger partial charge in [0.05, 0.1) is 17.9 Å². The maximum atomic E-state index is 4.18. The molecule has 0 spiro atoms. The lowest BCUT2D eigenvalue weighted by molar-refractivity contribution is 0.900. The van der Waals surface area contributed by atoms with E-state index in [9.17, 15) is 0 Å². The number of nitrogens with one attached hydrogen (secondary N) is 1. The van der Waals surface area contributed by atoms with Gasteiger partial charge < -0.3 is 5.32 Å². The van der Waals surface area contributed by atoms with Crippen LogP contribution in [0.2, 0.25) is 0 Å². The first kappa shape index (κ1) is 12.1. The van der Waals surface area contributed by atoms with Gasteiger partial charge in [-0.25, -0.2) is 4.98 Å². The normalized spacial score (nSPS) is 12.4. The van der Waals surface area contributed by atoms with Crippen molar-refractivity contribution in [2.75, 3.05) is 5.32 Å². The van der Waals surface area contributed by atoms with E-state index in [1.54, 1.807) is 11.3 Å². The Morgan fingerprint density at radius 2 is 2.12 bits per heavy atom. The third-order valence-electron chi connectivity index (χ3n) is 2.15. The summed E-state index contributed by atoms with van der Waals surface area (Å²) in [6.45, 7) is 2.14. The van der Waals surface area contributed by atoms with E-state index in [2.05, 4.69) is 60.5 Å². The van der Waals surface area contributed by atoms with Crippen LogP contribution in [0, 0.1) is 0 Å². The van der Waals surface area contributed by atoms with Gasteiger partial charge >= 0.3 is 0 Å². The van der Waals surface area contributed by atoms with Crippen molar-refractivity contribution in [2.24, 2.45) is 0 Å². The van der Waals surface area contributed by atoms with Gasteiger partial charge in [-0.15, -0.1) is 11.3 Å². The lowest BCUT2D eigenvalue weighted by Gasteiger charge is -2.14. The van der Waals surface area contributed by atoms with Gasteiger partial charge in [-0.2, -0.15) is 0 Å². The van der Waals surface area contributed by atoms with Crippen molar-refractivity contribution in [3.05, 3.63) is 43.7 Å². The molecule has 1 N–H and O–H groups in total. The van der Waals surface area contributed by atoms with Crippen LogP contribution in [0.1, 0.15) is 17.8 Å². The summed E-state index contributed by atoms with van der Waals surface area (Å²) in [7, 11) is 0. The number of aromatic nitrogens is 1. The molecule has 0 aliphatic rings. The minimum Gasteiger partial charge on any atom is -0.376 e. The summed E-state index contributed by atoms with van der Waals surface area (Å²) in [4.78, 5) is 5.48. The molecule has 0 fully saturated rings. The van der Waals surface area contributed by atoms with Gasteiger partial charge in [-0.3, -0.25) is 0 Å². The number of thiophene rings is 1. The summed E-state index contributed by atoms with van der Waals surface area (Å²) in [5.41, 5.74) is 1.02. The SMILES string of the molecule is CC(Nc1ccc(Br)nc1)c1sccc1Br. The molecule has 2 nitrogen and oxygen atoms in total. The maximum absolute atomic E-state index is 4.18. The Bertz CT molecular complexity index is 467. The molecule has 16 heavy (non-hydrogen) atoms. The van der Waals surface area contributed by atoms with Gasteiger partial charge in [0.25, 0.3) is 0 Å². The first-order valence-corrected chi connectivity index (χ1v) is 7.24. The zero-order valence-electron chi connectivity index (χ0n) is 8.58. The number of rotatable bonds is 3. The van der Waals surface area contributed by atoms with Crippen molar-refractivity contribution in [1.29, 1.82) is 0 Å². The minimum atomic E-state index is 0.275.